The van der Waals surface area contributed by atoms with E-state index in [0.29, 0.717) is 0 Å². The largest absolute Gasteiger partial charge is 0.478 e. The Morgan fingerprint density at radius 1 is 1.27 bits per heavy atom. The number of nitrogens with zero attached hydrogens (tertiary/aromatic N) is 1. The fourth-order valence-corrected chi connectivity index (χ4v) is 1.34. The van der Waals surface area contributed by atoms with Crippen LogP contribution in [0.3, 0.4) is 0 Å². The normalized spacial score (nSPS) is 10.5. The standard InChI is InChI=1S/C10H5F2NO2/c11-6-3-5-1-2-8(12)13-9(5)7(4-6)10(14)15/h1-4H,(H,14,15). The lowest BCUT2D eigenvalue weighted by molar-refractivity contribution is 0.0698. The van der Waals surface area contributed by atoms with Crippen molar-refractivity contribution in [1.29, 1.82) is 0 Å². The van der Waals surface area contributed by atoms with E-state index in [1.807, 2.05) is 0 Å². The maximum absolute atomic E-state index is 13.0. The van der Waals surface area contributed by atoms with Gasteiger partial charge in [0, 0.05) is 5.39 Å². The molecule has 0 spiro atoms. The smallest absolute Gasteiger partial charge is 0.338 e. The number of rotatable bonds is 1. The highest BCUT2D eigenvalue weighted by Crippen LogP contribution is 2.19. The van der Waals surface area contributed by atoms with E-state index in [-0.39, 0.29) is 16.5 Å². The lowest BCUT2D eigenvalue weighted by Gasteiger charge is -2.01. The van der Waals surface area contributed by atoms with Gasteiger partial charge in [0.05, 0.1) is 11.1 Å². The first kappa shape index (κ1) is 9.51. The molecule has 0 amide bonds. The molecule has 0 unspecified atom stereocenters. The highest BCUT2D eigenvalue weighted by Gasteiger charge is 2.12. The van der Waals surface area contributed by atoms with Crippen molar-refractivity contribution in [1.82, 2.24) is 4.98 Å². The molecule has 0 aliphatic heterocycles. The Hall–Kier alpha value is -2.04. The molecule has 0 radical (unpaired) electrons. The Labute approximate surface area is 83.0 Å². The minimum atomic E-state index is -1.34. The summed E-state index contributed by atoms with van der Waals surface area (Å²) in [4.78, 5) is 14.2. The molecule has 0 aliphatic rings. The van der Waals surface area contributed by atoms with Crippen LogP contribution in [-0.2, 0) is 0 Å². The number of hydrogen-bond acceptors (Lipinski definition) is 2. The van der Waals surface area contributed by atoms with Crippen LogP contribution in [0, 0.1) is 11.8 Å². The van der Waals surface area contributed by atoms with Crippen molar-refractivity contribution >= 4 is 16.9 Å². The van der Waals surface area contributed by atoms with Crippen LogP contribution in [0.4, 0.5) is 8.78 Å². The van der Waals surface area contributed by atoms with Crippen molar-refractivity contribution in [2.24, 2.45) is 0 Å². The quantitative estimate of drug-likeness (QED) is 0.732. The topological polar surface area (TPSA) is 50.2 Å². The summed E-state index contributed by atoms with van der Waals surface area (Å²) in [5, 5.41) is 9.03. The summed E-state index contributed by atoms with van der Waals surface area (Å²) in [6.07, 6.45) is 0. The maximum Gasteiger partial charge on any atom is 0.338 e. The number of benzene rings is 1. The van der Waals surface area contributed by atoms with Crippen molar-refractivity contribution in [3.8, 4) is 0 Å². The third-order valence-electron chi connectivity index (χ3n) is 1.95. The minimum Gasteiger partial charge on any atom is -0.478 e. The van der Waals surface area contributed by atoms with Crippen LogP contribution in [0.5, 0.6) is 0 Å². The van der Waals surface area contributed by atoms with Gasteiger partial charge in [0.25, 0.3) is 0 Å². The van der Waals surface area contributed by atoms with Gasteiger partial charge in [-0.25, -0.2) is 14.2 Å². The van der Waals surface area contributed by atoms with Crippen molar-refractivity contribution in [3.63, 3.8) is 0 Å². The molecule has 1 aromatic heterocycles. The van der Waals surface area contributed by atoms with Crippen molar-refractivity contribution < 1.29 is 18.7 Å². The summed E-state index contributed by atoms with van der Waals surface area (Å²) >= 11 is 0. The van der Waals surface area contributed by atoms with Gasteiger partial charge in [0.2, 0.25) is 5.95 Å². The maximum atomic E-state index is 13.0. The van der Waals surface area contributed by atoms with Crippen LogP contribution in [-0.4, -0.2) is 16.1 Å². The van der Waals surface area contributed by atoms with Crippen molar-refractivity contribution in [2.75, 3.05) is 0 Å². The molecule has 2 rings (SSSR count). The number of carboxylic acid groups (broad SMARTS) is 1. The predicted molar refractivity (Wildman–Crippen MR) is 48.6 cm³/mol. The Morgan fingerprint density at radius 2 is 2.00 bits per heavy atom. The molecule has 76 valence electrons. The van der Waals surface area contributed by atoms with E-state index in [1.54, 1.807) is 0 Å². The van der Waals surface area contributed by atoms with Crippen LogP contribution in [0.2, 0.25) is 0 Å². The number of aromatic nitrogens is 1. The van der Waals surface area contributed by atoms with E-state index in [9.17, 15) is 13.6 Å². The van der Waals surface area contributed by atoms with Crippen molar-refractivity contribution in [2.45, 2.75) is 0 Å². The second kappa shape index (κ2) is 3.27. The van der Waals surface area contributed by atoms with Crippen LogP contribution in [0.25, 0.3) is 10.9 Å². The zero-order valence-corrected chi connectivity index (χ0v) is 7.37. The lowest BCUT2D eigenvalue weighted by Crippen LogP contribution is -2.00. The summed E-state index contributed by atoms with van der Waals surface area (Å²) in [5.41, 5.74) is -0.395. The number of carbonyl (C=O) groups is 1. The molecule has 3 nitrogen and oxygen atoms in total. The van der Waals surface area contributed by atoms with Crippen LogP contribution in [0.15, 0.2) is 24.3 Å². The molecule has 0 bridgehead atoms. The molecular formula is C10H5F2NO2. The summed E-state index contributed by atoms with van der Waals surface area (Å²) in [7, 11) is 0. The number of carboxylic acids is 1. The first-order valence-corrected chi connectivity index (χ1v) is 4.07. The zero-order valence-electron chi connectivity index (χ0n) is 7.37. The molecule has 5 heteroatoms. The van der Waals surface area contributed by atoms with Gasteiger partial charge in [-0.2, -0.15) is 4.39 Å². The van der Waals surface area contributed by atoms with Gasteiger partial charge in [-0.05, 0) is 24.3 Å². The third kappa shape index (κ3) is 1.63. The Morgan fingerprint density at radius 3 is 2.67 bits per heavy atom. The third-order valence-corrected chi connectivity index (χ3v) is 1.95. The summed E-state index contributed by atoms with van der Waals surface area (Å²) in [6, 6.07) is 4.26. The molecule has 1 aromatic carbocycles. The SMILES string of the molecule is O=C(O)c1cc(F)cc2ccc(F)nc12. The van der Waals surface area contributed by atoms with Crippen LogP contribution >= 0.6 is 0 Å². The van der Waals surface area contributed by atoms with Gasteiger partial charge in [-0.1, -0.05) is 0 Å². The highest BCUT2D eigenvalue weighted by molar-refractivity contribution is 6.01. The van der Waals surface area contributed by atoms with E-state index >= 15 is 0 Å². The summed E-state index contributed by atoms with van der Waals surface area (Å²) in [5.74, 6) is -2.82. The predicted octanol–water partition coefficient (Wildman–Crippen LogP) is 2.21. The highest BCUT2D eigenvalue weighted by atomic mass is 19.1. The Kier molecular flexibility index (Phi) is 2.07. The van der Waals surface area contributed by atoms with Crippen molar-refractivity contribution in [3.05, 3.63) is 41.6 Å². The Bertz CT molecular complexity index is 554. The van der Waals surface area contributed by atoms with Gasteiger partial charge in [0.15, 0.2) is 0 Å². The fraction of sp³-hybridized carbons (Fsp3) is 0. The minimum absolute atomic E-state index is 0.0519. The first-order valence-electron chi connectivity index (χ1n) is 4.07. The molecule has 2 aromatic rings. The number of hydrogen-bond donors (Lipinski definition) is 1. The number of pyridine rings is 1. The molecule has 15 heavy (non-hydrogen) atoms. The average molecular weight is 209 g/mol. The first-order chi connectivity index (χ1) is 7.08. The van der Waals surface area contributed by atoms with E-state index in [2.05, 4.69) is 4.98 Å². The van der Waals surface area contributed by atoms with Crippen LogP contribution in [0.1, 0.15) is 10.4 Å². The van der Waals surface area contributed by atoms with Gasteiger partial charge in [-0.15, -0.1) is 0 Å². The van der Waals surface area contributed by atoms with E-state index in [1.165, 1.54) is 6.07 Å². The second-order valence-corrected chi connectivity index (χ2v) is 2.96. The lowest BCUT2D eigenvalue weighted by atomic mass is 10.1. The zero-order chi connectivity index (χ0) is 11.0. The molecule has 0 atom stereocenters. The number of aromatic carboxylic acids is 1. The Balaban J connectivity index is 2.87. The average Bonchev–Trinajstić information content (AvgIpc) is 2.17. The van der Waals surface area contributed by atoms with Gasteiger partial charge < -0.3 is 5.11 Å². The molecule has 0 fully saturated rings. The number of halogens is 2. The molecule has 0 saturated carbocycles. The molecule has 0 aliphatic carbocycles. The fourth-order valence-electron chi connectivity index (χ4n) is 1.34. The molecular weight excluding hydrogens is 204 g/mol. The van der Waals surface area contributed by atoms with Gasteiger partial charge in [0.1, 0.15) is 5.82 Å². The monoisotopic (exact) mass is 209 g/mol. The number of fused-ring (bicyclic) bond motifs is 1. The molecule has 0 saturated heterocycles. The van der Waals surface area contributed by atoms with E-state index in [4.69, 9.17) is 5.11 Å². The van der Waals surface area contributed by atoms with Gasteiger partial charge in [-0.3, -0.25) is 0 Å². The molecule has 1 heterocycles. The van der Waals surface area contributed by atoms with Crippen LogP contribution < -0.4 is 0 Å². The summed E-state index contributed by atoms with van der Waals surface area (Å²) in [6.45, 7) is 0. The van der Waals surface area contributed by atoms with E-state index < -0.39 is 17.7 Å². The van der Waals surface area contributed by atoms with E-state index in [0.717, 1.165) is 18.2 Å². The van der Waals surface area contributed by atoms with Gasteiger partial charge >= 0.3 is 5.97 Å². The summed E-state index contributed by atoms with van der Waals surface area (Å²) < 4.78 is 25.8. The molecule has 1 N–H and O–H groups in total. The second-order valence-electron chi connectivity index (χ2n) is 2.96.